The first-order valence-electron chi connectivity index (χ1n) is 7.47. The van der Waals surface area contributed by atoms with E-state index in [0.717, 1.165) is 21.8 Å². The molecule has 0 aromatic heterocycles. The van der Waals surface area contributed by atoms with Gasteiger partial charge < -0.3 is 15.6 Å². The summed E-state index contributed by atoms with van der Waals surface area (Å²) < 4.78 is 5.53. The maximum Gasteiger partial charge on any atom is 0.161 e. The van der Waals surface area contributed by atoms with Gasteiger partial charge in [-0.3, -0.25) is 0 Å². The van der Waals surface area contributed by atoms with Crippen molar-refractivity contribution in [2.24, 2.45) is 5.92 Å². The molecule has 0 radical (unpaired) electrons. The van der Waals surface area contributed by atoms with Crippen LogP contribution in [0.2, 0.25) is 5.02 Å². The monoisotopic (exact) mass is 317 g/mol. The second kappa shape index (κ2) is 6.29. The molecule has 1 saturated heterocycles. The van der Waals surface area contributed by atoms with Gasteiger partial charge in [0.2, 0.25) is 0 Å². The van der Waals surface area contributed by atoms with Crippen molar-refractivity contribution < 1.29 is 9.84 Å². The summed E-state index contributed by atoms with van der Waals surface area (Å²) in [6.45, 7) is 2.69. The van der Waals surface area contributed by atoms with E-state index in [1.54, 1.807) is 0 Å². The van der Waals surface area contributed by atoms with Crippen molar-refractivity contribution in [3.63, 3.8) is 0 Å². The molecule has 1 heterocycles. The lowest BCUT2D eigenvalue weighted by atomic mass is 9.77. The van der Waals surface area contributed by atoms with Gasteiger partial charge in [0.25, 0.3) is 0 Å². The smallest absolute Gasteiger partial charge is 0.161 e. The third-order valence-electron chi connectivity index (χ3n) is 4.57. The van der Waals surface area contributed by atoms with E-state index in [1.165, 1.54) is 0 Å². The number of rotatable bonds is 3. The van der Waals surface area contributed by atoms with Crippen LogP contribution >= 0.6 is 11.6 Å². The first kappa shape index (κ1) is 15.3. The van der Waals surface area contributed by atoms with Gasteiger partial charge in [0.05, 0.1) is 6.61 Å². The average Bonchev–Trinajstić information content (AvgIpc) is 2.89. The number of halogens is 1. The molecule has 3 rings (SSSR count). The molecule has 0 aliphatic carbocycles. The van der Waals surface area contributed by atoms with E-state index >= 15 is 0 Å². The molecule has 1 aliphatic heterocycles. The van der Waals surface area contributed by atoms with Crippen LogP contribution in [0.15, 0.2) is 48.5 Å². The Kier molecular flexibility index (Phi) is 4.39. The number of hydrogen-bond donors (Lipinski definition) is 2. The number of hydrogen-bond acceptors (Lipinski definition) is 3. The van der Waals surface area contributed by atoms with Crippen molar-refractivity contribution in [3.8, 4) is 0 Å². The zero-order valence-electron chi connectivity index (χ0n) is 12.4. The quantitative estimate of drug-likeness (QED) is 0.847. The molecule has 2 aromatic rings. The fourth-order valence-electron chi connectivity index (χ4n) is 3.25. The Bertz CT molecular complexity index is 644. The minimum atomic E-state index is -0.782. The number of benzene rings is 2. The van der Waals surface area contributed by atoms with Crippen LogP contribution in [0.5, 0.6) is 0 Å². The van der Waals surface area contributed by atoms with Crippen molar-refractivity contribution in [1.29, 1.82) is 0 Å². The minimum absolute atomic E-state index is 0.0606. The van der Waals surface area contributed by atoms with Gasteiger partial charge in [0.1, 0.15) is 0 Å². The third kappa shape index (κ3) is 2.98. The normalized spacial score (nSPS) is 26.0. The van der Waals surface area contributed by atoms with Crippen LogP contribution in [-0.2, 0) is 4.74 Å². The number of nitrogen functional groups attached to an aromatic ring is 1. The van der Waals surface area contributed by atoms with Crippen LogP contribution in [-0.4, -0.2) is 18.0 Å². The molecule has 116 valence electrons. The van der Waals surface area contributed by atoms with E-state index in [9.17, 15) is 5.11 Å². The van der Waals surface area contributed by atoms with Crippen molar-refractivity contribution in [2.45, 2.75) is 25.0 Å². The molecular weight excluding hydrogens is 298 g/mol. The molecule has 1 fully saturated rings. The van der Waals surface area contributed by atoms with E-state index < -0.39 is 6.29 Å². The molecule has 2 unspecified atom stereocenters. The lowest BCUT2D eigenvalue weighted by Gasteiger charge is -2.26. The third-order valence-corrected chi connectivity index (χ3v) is 4.80. The first-order chi connectivity index (χ1) is 10.6. The second-order valence-corrected chi connectivity index (χ2v) is 6.36. The Morgan fingerprint density at radius 2 is 1.95 bits per heavy atom. The highest BCUT2D eigenvalue weighted by Crippen LogP contribution is 2.43. The second-order valence-electron chi connectivity index (χ2n) is 5.92. The molecule has 4 heteroatoms. The lowest BCUT2D eigenvalue weighted by Crippen LogP contribution is -2.22. The van der Waals surface area contributed by atoms with Gasteiger partial charge in [-0.1, -0.05) is 42.8 Å². The van der Waals surface area contributed by atoms with Crippen molar-refractivity contribution in [3.05, 3.63) is 64.7 Å². The Labute approximate surface area is 135 Å². The Balaban J connectivity index is 1.90. The maximum absolute atomic E-state index is 10.3. The Morgan fingerprint density at radius 3 is 2.64 bits per heavy atom. The van der Waals surface area contributed by atoms with Crippen molar-refractivity contribution >= 4 is 17.3 Å². The molecule has 0 saturated carbocycles. The van der Waals surface area contributed by atoms with E-state index in [0.29, 0.717) is 6.61 Å². The molecule has 3 nitrogen and oxygen atoms in total. The standard InChI is InChI=1S/C18H20ClNO2/c1-11(13-3-2-4-14(19)9-13)16-10-22-18(21)17(16)12-5-7-15(20)8-6-12/h2-9,11,16-18,21H,10,20H2,1H3/t11?,16?,17-,18-/m0/s1. The van der Waals surface area contributed by atoms with Crippen LogP contribution in [0.4, 0.5) is 5.69 Å². The van der Waals surface area contributed by atoms with E-state index in [4.69, 9.17) is 22.1 Å². The van der Waals surface area contributed by atoms with E-state index in [-0.39, 0.29) is 17.8 Å². The SMILES string of the molecule is CC(c1cccc(Cl)c1)C1CO[C@H](O)[C@H]1c1ccc(N)cc1. The van der Waals surface area contributed by atoms with Crippen LogP contribution in [0.3, 0.4) is 0 Å². The minimum Gasteiger partial charge on any atom is -0.399 e. The molecule has 22 heavy (non-hydrogen) atoms. The lowest BCUT2D eigenvalue weighted by molar-refractivity contribution is -0.0678. The van der Waals surface area contributed by atoms with Crippen LogP contribution in [0.25, 0.3) is 0 Å². The molecule has 0 bridgehead atoms. The van der Waals surface area contributed by atoms with Crippen LogP contribution in [0, 0.1) is 5.92 Å². The van der Waals surface area contributed by atoms with E-state index in [1.807, 2.05) is 42.5 Å². The summed E-state index contributed by atoms with van der Waals surface area (Å²) in [7, 11) is 0. The predicted molar refractivity (Wildman–Crippen MR) is 88.9 cm³/mol. The molecule has 2 aromatic carbocycles. The highest BCUT2D eigenvalue weighted by molar-refractivity contribution is 6.30. The van der Waals surface area contributed by atoms with Gasteiger partial charge in [-0.2, -0.15) is 0 Å². The number of anilines is 1. The zero-order chi connectivity index (χ0) is 15.7. The molecule has 0 spiro atoms. The maximum atomic E-state index is 10.3. The predicted octanol–water partition coefficient (Wildman–Crippen LogP) is 3.77. The number of ether oxygens (including phenoxy) is 1. The molecular formula is C18H20ClNO2. The summed E-state index contributed by atoms with van der Waals surface area (Å²) in [5.74, 6) is 0.366. The molecule has 0 amide bonds. The highest BCUT2D eigenvalue weighted by atomic mass is 35.5. The summed E-state index contributed by atoms with van der Waals surface area (Å²) in [6, 6.07) is 15.5. The van der Waals surface area contributed by atoms with Gasteiger partial charge in [0.15, 0.2) is 6.29 Å². The Hall–Kier alpha value is -1.55. The number of aliphatic hydroxyl groups excluding tert-OH is 1. The molecule has 1 aliphatic rings. The summed E-state index contributed by atoms with van der Waals surface area (Å²) >= 11 is 6.10. The fourth-order valence-corrected chi connectivity index (χ4v) is 3.45. The molecule has 4 atom stereocenters. The zero-order valence-corrected chi connectivity index (χ0v) is 13.2. The van der Waals surface area contributed by atoms with Gasteiger partial charge in [-0.25, -0.2) is 0 Å². The topological polar surface area (TPSA) is 55.5 Å². The number of nitrogens with two attached hydrogens (primary N) is 1. The van der Waals surface area contributed by atoms with E-state index in [2.05, 4.69) is 13.0 Å². The molecule has 3 N–H and O–H groups in total. The summed E-state index contributed by atoms with van der Waals surface area (Å²) in [5, 5.41) is 11.0. The fraction of sp³-hybridized carbons (Fsp3) is 0.333. The van der Waals surface area contributed by atoms with Crippen molar-refractivity contribution in [1.82, 2.24) is 0 Å². The van der Waals surface area contributed by atoms with Crippen LogP contribution < -0.4 is 5.73 Å². The van der Waals surface area contributed by atoms with Gasteiger partial charge in [0, 0.05) is 22.5 Å². The van der Waals surface area contributed by atoms with Gasteiger partial charge >= 0.3 is 0 Å². The largest absolute Gasteiger partial charge is 0.399 e. The summed E-state index contributed by atoms with van der Waals surface area (Å²) in [4.78, 5) is 0. The average molecular weight is 318 g/mol. The van der Waals surface area contributed by atoms with Gasteiger partial charge in [-0.05, 0) is 41.3 Å². The Morgan fingerprint density at radius 1 is 1.23 bits per heavy atom. The van der Waals surface area contributed by atoms with Crippen molar-refractivity contribution in [2.75, 3.05) is 12.3 Å². The van der Waals surface area contributed by atoms with Crippen LogP contribution in [0.1, 0.15) is 29.9 Å². The summed E-state index contributed by atoms with van der Waals surface area (Å²) in [6.07, 6.45) is -0.782. The summed E-state index contributed by atoms with van der Waals surface area (Å²) in [5.41, 5.74) is 8.69. The first-order valence-corrected chi connectivity index (χ1v) is 7.84. The number of aliphatic hydroxyl groups is 1. The van der Waals surface area contributed by atoms with Gasteiger partial charge in [-0.15, -0.1) is 0 Å². The highest BCUT2D eigenvalue weighted by Gasteiger charge is 2.40.